The monoisotopic (exact) mass is 485 g/mol. The van der Waals surface area contributed by atoms with Crippen LogP contribution < -0.4 is 9.62 Å². The van der Waals surface area contributed by atoms with Crippen LogP contribution in [0.1, 0.15) is 5.56 Å². The van der Waals surface area contributed by atoms with Crippen molar-refractivity contribution in [1.29, 1.82) is 0 Å². The molecule has 0 spiro atoms. The number of thiazole rings is 1. The predicted molar refractivity (Wildman–Crippen MR) is 137 cm³/mol. The molecule has 0 fully saturated rings. The number of rotatable bonds is 4. The van der Waals surface area contributed by atoms with E-state index in [1.807, 2.05) is 36.4 Å². The molecule has 0 aliphatic carbocycles. The van der Waals surface area contributed by atoms with E-state index in [0.29, 0.717) is 16.8 Å². The van der Waals surface area contributed by atoms with Crippen molar-refractivity contribution in [3.8, 4) is 10.6 Å². The molecule has 2 heterocycles. The van der Waals surface area contributed by atoms with Crippen LogP contribution in [0.4, 0.5) is 11.4 Å². The lowest BCUT2D eigenvalue weighted by Crippen LogP contribution is -2.35. The highest BCUT2D eigenvalue weighted by molar-refractivity contribution is 7.93. The molecule has 34 heavy (non-hydrogen) atoms. The van der Waals surface area contributed by atoms with Crippen LogP contribution in [0, 0.1) is 6.92 Å². The van der Waals surface area contributed by atoms with Crippen molar-refractivity contribution in [2.75, 3.05) is 16.2 Å². The van der Waals surface area contributed by atoms with Crippen LogP contribution in [0.25, 0.3) is 31.6 Å². The van der Waals surface area contributed by atoms with Crippen LogP contribution in [0.5, 0.6) is 0 Å². The number of amides is 1. The fourth-order valence-corrected chi connectivity index (χ4v) is 7.05. The highest BCUT2D eigenvalue weighted by Gasteiger charge is 2.36. The van der Waals surface area contributed by atoms with Crippen molar-refractivity contribution in [1.82, 2.24) is 4.98 Å². The Balaban J connectivity index is 1.22. The second-order valence-electron chi connectivity index (χ2n) is 8.26. The third-order valence-corrected chi connectivity index (χ3v) is 8.80. The number of sulfonamides is 1. The maximum atomic E-state index is 13.1. The minimum absolute atomic E-state index is 0.240. The molecule has 1 N–H and O–H groups in total. The first-order chi connectivity index (χ1) is 16.4. The van der Waals surface area contributed by atoms with Crippen LogP contribution in [0.3, 0.4) is 0 Å². The lowest BCUT2D eigenvalue weighted by Gasteiger charge is -2.18. The number of carbonyl (C=O) groups excluding carboxylic acids is 1. The molecule has 0 radical (unpaired) electrons. The quantitative estimate of drug-likeness (QED) is 0.361. The highest BCUT2D eigenvalue weighted by Crippen LogP contribution is 2.41. The van der Waals surface area contributed by atoms with Crippen LogP contribution in [0.2, 0.25) is 0 Å². The number of aromatic nitrogens is 1. The molecular formula is C26H19N3O3S2. The maximum absolute atomic E-state index is 13.1. The second-order valence-corrected chi connectivity index (χ2v) is 11.1. The number of aryl methyl sites for hydroxylation is 1. The summed E-state index contributed by atoms with van der Waals surface area (Å²) in [6, 6.07) is 24.2. The Morgan fingerprint density at radius 2 is 1.76 bits per heavy atom. The summed E-state index contributed by atoms with van der Waals surface area (Å²) in [5, 5.41) is 5.22. The van der Waals surface area contributed by atoms with Gasteiger partial charge in [0.1, 0.15) is 11.6 Å². The molecule has 1 aliphatic rings. The van der Waals surface area contributed by atoms with Gasteiger partial charge in [-0.15, -0.1) is 11.3 Å². The van der Waals surface area contributed by atoms with Crippen molar-refractivity contribution in [2.45, 2.75) is 11.8 Å². The Morgan fingerprint density at radius 1 is 1.00 bits per heavy atom. The van der Waals surface area contributed by atoms with Crippen molar-refractivity contribution >= 4 is 59.6 Å². The third kappa shape index (κ3) is 3.34. The van der Waals surface area contributed by atoms with Gasteiger partial charge in [-0.1, -0.05) is 30.3 Å². The Hall–Kier alpha value is -3.75. The smallest absolute Gasteiger partial charge is 0.265 e. The van der Waals surface area contributed by atoms with Crippen molar-refractivity contribution < 1.29 is 13.2 Å². The minimum Gasteiger partial charge on any atom is -0.325 e. The van der Waals surface area contributed by atoms with Gasteiger partial charge in [0.05, 0.1) is 20.8 Å². The molecule has 1 aliphatic heterocycles. The average molecular weight is 486 g/mol. The summed E-state index contributed by atoms with van der Waals surface area (Å²) in [6.45, 7) is 1.76. The molecule has 4 aromatic carbocycles. The zero-order valence-electron chi connectivity index (χ0n) is 18.1. The zero-order chi connectivity index (χ0) is 23.4. The number of hydrogen-bond acceptors (Lipinski definition) is 5. The fraction of sp³-hybridized carbons (Fsp3) is 0.0769. The van der Waals surface area contributed by atoms with Crippen molar-refractivity contribution in [3.63, 3.8) is 0 Å². The predicted octanol–water partition coefficient (Wildman–Crippen LogP) is 5.57. The summed E-state index contributed by atoms with van der Waals surface area (Å²) in [4.78, 5) is 17.7. The maximum Gasteiger partial charge on any atom is 0.265 e. The molecule has 6 nitrogen and oxygen atoms in total. The molecule has 5 aromatic rings. The van der Waals surface area contributed by atoms with E-state index in [9.17, 15) is 13.2 Å². The van der Waals surface area contributed by atoms with Gasteiger partial charge in [0, 0.05) is 16.6 Å². The molecule has 0 unspecified atom stereocenters. The summed E-state index contributed by atoms with van der Waals surface area (Å²) in [5.74, 6) is -0.406. The van der Waals surface area contributed by atoms with Gasteiger partial charge < -0.3 is 5.32 Å². The van der Waals surface area contributed by atoms with E-state index < -0.39 is 15.9 Å². The number of benzene rings is 4. The minimum atomic E-state index is -3.78. The summed E-state index contributed by atoms with van der Waals surface area (Å²) in [7, 11) is -3.78. The van der Waals surface area contributed by atoms with Gasteiger partial charge in [-0.2, -0.15) is 0 Å². The van der Waals surface area contributed by atoms with Gasteiger partial charge in [0.2, 0.25) is 5.91 Å². The zero-order valence-corrected chi connectivity index (χ0v) is 19.8. The molecular weight excluding hydrogens is 466 g/mol. The van der Waals surface area contributed by atoms with E-state index >= 15 is 0 Å². The van der Waals surface area contributed by atoms with Gasteiger partial charge in [0.25, 0.3) is 10.0 Å². The Kier molecular flexibility index (Phi) is 4.68. The average Bonchev–Trinajstić information content (AvgIpc) is 3.33. The molecule has 0 bridgehead atoms. The highest BCUT2D eigenvalue weighted by atomic mass is 32.2. The van der Waals surface area contributed by atoms with E-state index in [2.05, 4.69) is 18.3 Å². The fourth-order valence-electron chi connectivity index (χ4n) is 4.31. The second kappa shape index (κ2) is 7.65. The standard InChI is InChI=1S/C26H19N3O3S2/c1-16-8-13-20-22(14-16)33-26(28-20)18-9-11-19(12-10-18)27-24(30)15-29-21-6-2-4-17-5-3-7-23(25(17)21)34(29,31)32/h2-14H,15H2,1H3,(H,27,30). The number of carbonyl (C=O) groups is 1. The number of hydrogen-bond donors (Lipinski definition) is 1. The number of nitrogens with one attached hydrogen (secondary N) is 1. The van der Waals surface area contributed by atoms with E-state index in [4.69, 9.17) is 4.98 Å². The van der Waals surface area contributed by atoms with E-state index in [1.54, 1.807) is 47.7 Å². The van der Waals surface area contributed by atoms with Gasteiger partial charge in [-0.3, -0.25) is 9.10 Å². The van der Waals surface area contributed by atoms with Crippen LogP contribution in [-0.2, 0) is 14.8 Å². The van der Waals surface area contributed by atoms with Crippen molar-refractivity contribution in [3.05, 3.63) is 84.4 Å². The molecule has 8 heteroatoms. The van der Waals surface area contributed by atoms with E-state index in [1.165, 1.54) is 9.87 Å². The normalized spacial score (nSPS) is 14.1. The number of nitrogens with zero attached hydrogens (tertiary/aromatic N) is 2. The number of fused-ring (bicyclic) bond motifs is 1. The summed E-state index contributed by atoms with van der Waals surface area (Å²) < 4.78 is 28.5. The summed E-state index contributed by atoms with van der Waals surface area (Å²) >= 11 is 1.63. The Morgan fingerprint density at radius 3 is 2.56 bits per heavy atom. The summed E-state index contributed by atoms with van der Waals surface area (Å²) in [6.07, 6.45) is 0. The van der Waals surface area contributed by atoms with E-state index in [-0.39, 0.29) is 11.4 Å². The van der Waals surface area contributed by atoms with Gasteiger partial charge in [0.15, 0.2) is 0 Å². The SMILES string of the molecule is Cc1ccc2nc(-c3ccc(NC(=O)CN4c5cccc6cccc(c56)S4(=O)=O)cc3)sc2c1. The Labute approximate surface area is 200 Å². The van der Waals surface area contributed by atoms with Crippen molar-refractivity contribution in [2.24, 2.45) is 0 Å². The molecule has 6 rings (SSSR count). The first-order valence-corrected chi connectivity index (χ1v) is 13.0. The van der Waals surface area contributed by atoms with Gasteiger partial charge in [-0.05, 0) is 66.4 Å². The molecule has 0 saturated carbocycles. The molecule has 0 atom stereocenters. The first kappa shape index (κ1) is 20.8. The number of anilines is 2. The third-order valence-electron chi connectivity index (χ3n) is 5.93. The van der Waals surface area contributed by atoms with E-state index in [0.717, 1.165) is 26.2 Å². The molecule has 0 saturated heterocycles. The molecule has 1 amide bonds. The van der Waals surface area contributed by atoms with Crippen LogP contribution in [-0.4, -0.2) is 25.9 Å². The van der Waals surface area contributed by atoms with Crippen LogP contribution >= 0.6 is 11.3 Å². The molecule has 168 valence electrons. The molecule has 1 aromatic heterocycles. The largest absolute Gasteiger partial charge is 0.325 e. The topological polar surface area (TPSA) is 79.4 Å². The Bertz CT molecular complexity index is 1700. The van der Waals surface area contributed by atoms with Gasteiger partial charge in [-0.25, -0.2) is 13.4 Å². The lowest BCUT2D eigenvalue weighted by atomic mass is 10.1. The summed E-state index contributed by atoms with van der Waals surface area (Å²) in [5.41, 5.74) is 4.25. The van der Waals surface area contributed by atoms with Gasteiger partial charge >= 0.3 is 0 Å². The lowest BCUT2D eigenvalue weighted by molar-refractivity contribution is -0.114. The van der Waals surface area contributed by atoms with Crippen LogP contribution in [0.15, 0.2) is 83.8 Å². The first-order valence-electron chi connectivity index (χ1n) is 10.7.